The van der Waals surface area contributed by atoms with Crippen LogP contribution in [0.4, 0.5) is 4.39 Å². The molecule has 0 saturated heterocycles. The molecular weight excluding hydrogens is 319 g/mol. The highest BCUT2D eigenvalue weighted by molar-refractivity contribution is 5.78. The van der Waals surface area contributed by atoms with Crippen LogP contribution in [0.5, 0.6) is 0 Å². The Balaban J connectivity index is 1.84. The van der Waals surface area contributed by atoms with Gasteiger partial charge in [-0.25, -0.2) is 4.39 Å². The zero-order valence-corrected chi connectivity index (χ0v) is 14.6. The SMILES string of the molecule is CC(=O)N(CCNC(=O)Cc1cccc(F)c1)Cc1ccccc1C. The number of carbonyl (C=O) groups excluding carboxylic acids is 2. The molecule has 0 saturated carbocycles. The quantitative estimate of drug-likeness (QED) is 0.841. The van der Waals surface area contributed by atoms with Crippen molar-refractivity contribution in [2.75, 3.05) is 13.1 Å². The van der Waals surface area contributed by atoms with Crippen molar-refractivity contribution in [3.8, 4) is 0 Å². The molecule has 0 aromatic heterocycles. The Hall–Kier alpha value is -2.69. The highest BCUT2D eigenvalue weighted by Gasteiger charge is 2.11. The smallest absolute Gasteiger partial charge is 0.224 e. The number of amides is 2. The van der Waals surface area contributed by atoms with Crippen LogP contribution in [0.3, 0.4) is 0 Å². The third-order valence-electron chi connectivity index (χ3n) is 4.03. The van der Waals surface area contributed by atoms with Crippen molar-refractivity contribution >= 4 is 11.8 Å². The highest BCUT2D eigenvalue weighted by atomic mass is 19.1. The Kier molecular flexibility index (Phi) is 6.69. The van der Waals surface area contributed by atoms with E-state index >= 15 is 0 Å². The molecule has 2 rings (SSSR count). The van der Waals surface area contributed by atoms with Crippen molar-refractivity contribution in [2.24, 2.45) is 0 Å². The number of hydrogen-bond acceptors (Lipinski definition) is 2. The molecule has 0 bridgehead atoms. The molecule has 0 aliphatic heterocycles. The third kappa shape index (κ3) is 6.03. The maximum atomic E-state index is 13.1. The van der Waals surface area contributed by atoms with Gasteiger partial charge >= 0.3 is 0 Å². The fourth-order valence-electron chi connectivity index (χ4n) is 2.57. The van der Waals surface area contributed by atoms with E-state index in [0.29, 0.717) is 25.2 Å². The number of halogens is 1. The van der Waals surface area contributed by atoms with Crippen LogP contribution in [0.15, 0.2) is 48.5 Å². The van der Waals surface area contributed by atoms with Crippen molar-refractivity contribution in [3.63, 3.8) is 0 Å². The number of hydrogen-bond donors (Lipinski definition) is 1. The number of aryl methyl sites for hydroxylation is 1. The van der Waals surface area contributed by atoms with Gasteiger partial charge in [-0.3, -0.25) is 9.59 Å². The highest BCUT2D eigenvalue weighted by Crippen LogP contribution is 2.10. The molecule has 1 N–H and O–H groups in total. The third-order valence-corrected chi connectivity index (χ3v) is 4.03. The van der Waals surface area contributed by atoms with Crippen molar-refractivity contribution in [1.82, 2.24) is 10.2 Å². The summed E-state index contributed by atoms with van der Waals surface area (Å²) in [4.78, 5) is 25.5. The van der Waals surface area contributed by atoms with Crippen LogP contribution < -0.4 is 5.32 Å². The summed E-state index contributed by atoms with van der Waals surface area (Å²) in [5.41, 5.74) is 2.84. The molecule has 2 amide bonds. The Labute approximate surface area is 147 Å². The van der Waals surface area contributed by atoms with Crippen LogP contribution in [0.1, 0.15) is 23.6 Å². The van der Waals surface area contributed by atoms with E-state index in [2.05, 4.69) is 5.32 Å². The van der Waals surface area contributed by atoms with Crippen molar-refractivity contribution < 1.29 is 14.0 Å². The lowest BCUT2D eigenvalue weighted by atomic mass is 10.1. The van der Waals surface area contributed by atoms with Gasteiger partial charge in [0.15, 0.2) is 0 Å². The minimum absolute atomic E-state index is 0.0392. The van der Waals surface area contributed by atoms with Gasteiger partial charge in [0.25, 0.3) is 0 Å². The number of nitrogens with one attached hydrogen (secondary N) is 1. The first kappa shape index (κ1) is 18.6. The minimum Gasteiger partial charge on any atom is -0.354 e. The van der Waals surface area contributed by atoms with Gasteiger partial charge in [-0.05, 0) is 35.7 Å². The number of benzene rings is 2. The summed E-state index contributed by atoms with van der Waals surface area (Å²) >= 11 is 0. The average molecular weight is 342 g/mol. The van der Waals surface area contributed by atoms with Crippen molar-refractivity contribution in [2.45, 2.75) is 26.8 Å². The molecule has 2 aromatic carbocycles. The summed E-state index contributed by atoms with van der Waals surface area (Å²) in [5, 5.41) is 2.78. The molecule has 4 nitrogen and oxygen atoms in total. The molecule has 0 atom stereocenters. The summed E-state index contributed by atoms with van der Waals surface area (Å²) in [7, 11) is 0. The molecule has 5 heteroatoms. The monoisotopic (exact) mass is 342 g/mol. The maximum absolute atomic E-state index is 13.1. The second-order valence-electron chi connectivity index (χ2n) is 6.02. The van der Waals surface area contributed by atoms with Gasteiger partial charge < -0.3 is 10.2 Å². The zero-order valence-electron chi connectivity index (χ0n) is 14.6. The Morgan fingerprint density at radius 2 is 1.88 bits per heavy atom. The van der Waals surface area contributed by atoms with Crippen molar-refractivity contribution in [1.29, 1.82) is 0 Å². The summed E-state index contributed by atoms with van der Waals surface area (Å²) in [6.07, 6.45) is 0.121. The molecule has 2 aromatic rings. The lowest BCUT2D eigenvalue weighted by Gasteiger charge is -2.22. The molecule has 0 radical (unpaired) electrons. The van der Waals surface area contributed by atoms with Gasteiger partial charge in [0, 0.05) is 26.6 Å². The molecule has 0 spiro atoms. The summed E-state index contributed by atoms with van der Waals surface area (Å²) < 4.78 is 13.1. The fourth-order valence-corrected chi connectivity index (χ4v) is 2.57. The van der Waals surface area contributed by atoms with Crippen LogP contribution >= 0.6 is 0 Å². The molecule has 0 fully saturated rings. The predicted octanol–water partition coefficient (Wildman–Crippen LogP) is 2.84. The van der Waals surface area contributed by atoms with Crippen molar-refractivity contribution in [3.05, 3.63) is 71.0 Å². The van der Waals surface area contributed by atoms with Gasteiger partial charge in [-0.2, -0.15) is 0 Å². The van der Waals surface area contributed by atoms with E-state index in [1.165, 1.54) is 19.1 Å². The normalized spacial score (nSPS) is 10.4. The largest absolute Gasteiger partial charge is 0.354 e. The van der Waals surface area contributed by atoms with E-state index in [-0.39, 0.29) is 24.1 Å². The standard InChI is InChI=1S/C20H23FN2O2/c1-15-6-3-4-8-18(15)14-23(16(2)24)11-10-22-20(25)13-17-7-5-9-19(21)12-17/h3-9,12H,10-11,13-14H2,1-2H3,(H,22,25). The van der Waals surface area contributed by atoms with Gasteiger partial charge in [0.2, 0.25) is 11.8 Å². The lowest BCUT2D eigenvalue weighted by Crippen LogP contribution is -2.37. The molecule has 0 aliphatic carbocycles. The topological polar surface area (TPSA) is 49.4 Å². The molecule has 0 unspecified atom stereocenters. The van der Waals surface area contributed by atoms with Crippen LogP contribution in [-0.2, 0) is 22.6 Å². The minimum atomic E-state index is -0.355. The van der Waals surface area contributed by atoms with Gasteiger partial charge in [-0.15, -0.1) is 0 Å². The van der Waals surface area contributed by atoms with Gasteiger partial charge in [0.1, 0.15) is 5.82 Å². The average Bonchev–Trinajstić information content (AvgIpc) is 2.55. The first-order valence-corrected chi connectivity index (χ1v) is 8.27. The first-order chi connectivity index (χ1) is 12.0. The number of carbonyl (C=O) groups is 2. The van der Waals surface area contributed by atoms with Crippen LogP contribution in [0.2, 0.25) is 0 Å². The molecule has 0 heterocycles. The Bertz CT molecular complexity index is 746. The fraction of sp³-hybridized carbons (Fsp3) is 0.300. The second-order valence-corrected chi connectivity index (χ2v) is 6.02. The van der Waals surface area contributed by atoms with E-state index in [1.54, 1.807) is 17.0 Å². The first-order valence-electron chi connectivity index (χ1n) is 8.27. The van der Waals surface area contributed by atoms with E-state index in [4.69, 9.17) is 0 Å². The van der Waals surface area contributed by atoms with Gasteiger partial charge in [0.05, 0.1) is 6.42 Å². The maximum Gasteiger partial charge on any atom is 0.224 e. The Morgan fingerprint density at radius 1 is 1.12 bits per heavy atom. The van der Waals surface area contributed by atoms with E-state index < -0.39 is 0 Å². The lowest BCUT2D eigenvalue weighted by molar-refractivity contribution is -0.130. The summed E-state index contributed by atoms with van der Waals surface area (Å²) in [5.74, 6) is -0.584. The molecule has 25 heavy (non-hydrogen) atoms. The van der Waals surface area contributed by atoms with Crippen LogP contribution in [0.25, 0.3) is 0 Å². The molecule has 132 valence electrons. The molecule has 0 aliphatic rings. The Morgan fingerprint density at radius 3 is 2.56 bits per heavy atom. The summed E-state index contributed by atoms with van der Waals surface area (Å²) in [6.45, 7) is 4.83. The van der Waals surface area contributed by atoms with Crippen LogP contribution in [0, 0.1) is 12.7 Å². The zero-order chi connectivity index (χ0) is 18.2. The van der Waals surface area contributed by atoms with Gasteiger partial charge in [-0.1, -0.05) is 36.4 Å². The second kappa shape index (κ2) is 8.97. The van der Waals surface area contributed by atoms with Crippen LogP contribution in [-0.4, -0.2) is 29.8 Å². The summed E-state index contributed by atoms with van der Waals surface area (Å²) in [6, 6.07) is 13.9. The van der Waals surface area contributed by atoms with E-state index in [9.17, 15) is 14.0 Å². The van der Waals surface area contributed by atoms with E-state index in [0.717, 1.165) is 11.1 Å². The number of nitrogens with zero attached hydrogens (tertiary/aromatic N) is 1. The number of rotatable bonds is 7. The predicted molar refractivity (Wildman–Crippen MR) is 95.4 cm³/mol. The van der Waals surface area contributed by atoms with E-state index in [1.807, 2.05) is 31.2 Å². The molecular formula is C20H23FN2O2.